The van der Waals surface area contributed by atoms with Gasteiger partial charge >= 0.3 is 0 Å². The van der Waals surface area contributed by atoms with Crippen molar-refractivity contribution in [3.05, 3.63) is 85.5 Å². The van der Waals surface area contributed by atoms with Crippen LogP contribution in [0.2, 0.25) is 0 Å². The lowest BCUT2D eigenvalue weighted by molar-refractivity contribution is -0.139. The second-order valence-corrected chi connectivity index (χ2v) is 12.3. The molecule has 1 fully saturated rings. The molecule has 6 rings (SSSR count). The first-order valence-electron chi connectivity index (χ1n) is 14.3. The molecule has 2 N–H and O–H groups in total. The van der Waals surface area contributed by atoms with E-state index in [1.165, 1.54) is 30.5 Å². The van der Waals surface area contributed by atoms with Crippen molar-refractivity contribution in [1.82, 2.24) is 24.6 Å². The molecule has 2 aliphatic rings. The molecular weight excluding hydrogens is 588 g/mol. The van der Waals surface area contributed by atoms with Crippen molar-refractivity contribution >= 4 is 40.3 Å². The molecule has 1 aliphatic heterocycles. The second-order valence-electron chi connectivity index (χ2n) is 11.1. The lowest BCUT2D eigenvalue weighted by Gasteiger charge is -2.36. The van der Waals surface area contributed by atoms with Crippen LogP contribution in [0.15, 0.2) is 47.4 Å². The number of aryl methyl sites for hydroxylation is 3. The number of halogens is 2. The van der Waals surface area contributed by atoms with Crippen molar-refractivity contribution in [2.75, 3.05) is 37.8 Å². The van der Waals surface area contributed by atoms with Gasteiger partial charge in [-0.25, -0.2) is 18.4 Å². The van der Waals surface area contributed by atoms with Gasteiger partial charge in [0.15, 0.2) is 5.82 Å². The number of fused-ring (bicyclic) bond motifs is 1. The van der Waals surface area contributed by atoms with Crippen LogP contribution >= 0.6 is 11.3 Å². The van der Waals surface area contributed by atoms with Gasteiger partial charge in [-0.2, -0.15) is 5.10 Å². The summed E-state index contributed by atoms with van der Waals surface area (Å²) in [5, 5.41) is 9.53. The highest BCUT2D eigenvalue weighted by Gasteiger charge is 2.32. The zero-order chi connectivity index (χ0) is 31.1. The molecule has 13 heteroatoms. The van der Waals surface area contributed by atoms with Gasteiger partial charge in [0, 0.05) is 43.8 Å². The number of thiophene rings is 1. The largest absolute Gasteiger partial charge is 0.343 e. The number of carbonyl (C=O) groups is 2. The number of hydrogen-bond donors (Lipinski definition) is 2. The van der Waals surface area contributed by atoms with Gasteiger partial charge in [0.2, 0.25) is 5.91 Å². The maximum Gasteiger partial charge on any atom is 0.290 e. The van der Waals surface area contributed by atoms with Crippen molar-refractivity contribution in [2.45, 2.75) is 31.7 Å². The number of anilines is 3. The van der Waals surface area contributed by atoms with E-state index in [1.54, 1.807) is 36.3 Å². The summed E-state index contributed by atoms with van der Waals surface area (Å²) >= 11 is 1.35. The first kappa shape index (κ1) is 29.6. The van der Waals surface area contributed by atoms with E-state index in [0.29, 0.717) is 22.8 Å². The van der Waals surface area contributed by atoms with Gasteiger partial charge in [0.25, 0.3) is 11.5 Å². The normalized spacial score (nSPS) is 17.0. The Morgan fingerprint density at radius 2 is 1.82 bits per heavy atom. The van der Waals surface area contributed by atoms with Gasteiger partial charge in [0.1, 0.15) is 29.1 Å². The molecule has 1 aliphatic carbocycles. The van der Waals surface area contributed by atoms with E-state index in [1.807, 2.05) is 11.9 Å². The zero-order valence-electron chi connectivity index (χ0n) is 24.5. The van der Waals surface area contributed by atoms with E-state index in [0.717, 1.165) is 53.4 Å². The Bertz CT molecular complexity index is 1800. The summed E-state index contributed by atoms with van der Waals surface area (Å²) < 4.78 is 31.6. The van der Waals surface area contributed by atoms with Gasteiger partial charge < -0.3 is 15.5 Å². The van der Waals surface area contributed by atoms with Crippen molar-refractivity contribution in [1.29, 1.82) is 0 Å². The fourth-order valence-corrected chi connectivity index (χ4v) is 6.74. The Balaban J connectivity index is 1.26. The fraction of sp³-hybridized carbons (Fsp3) is 0.323. The quantitative estimate of drug-likeness (QED) is 0.327. The van der Waals surface area contributed by atoms with Crippen molar-refractivity contribution in [3.63, 3.8) is 0 Å². The minimum Gasteiger partial charge on any atom is -0.343 e. The lowest BCUT2D eigenvalue weighted by Crippen LogP contribution is -2.49. The van der Waals surface area contributed by atoms with Crippen molar-refractivity contribution < 1.29 is 18.4 Å². The summed E-state index contributed by atoms with van der Waals surface area (Å²) in [6.07, 6.45) is 5.47. The van der Waals surface area contributed by atoms with Crippen LogP contribution < -0.4 is 16.2 Å². The molecule has 44 heavy (non-hydrogen) atoms. The minimum absolute atomic E-state index is 0.0275. The molecule has 10 nitrogen and oxygen atoms in total. The third kappa shape index (κ3) is 5.60. The zero-order valence-corrected chi connectivity index (χ0v) is 25.3. The number of hydrogen-bond acceptors (Lipinski definition) is 8. The number of aromatic nitrogens is 3. The molecule has 1 aromatic carbocycles. The number of benzene rings is 1. The van der Waals surface area contributed by atoms with Crippen molar-refractivity contribution in [3.8, 4) is 11.3 Å². The number of nitrogens with one attached hydrogen (secondary N) is 2. The van der Waals surface area contributed by atoms with Crippen LogP contribution in [-0.2, 0) is 24.7 Å². The molecule has 0 bridgehead atoms. The third-order valence-corrected chi connectivity index (χ3v) is 9.33. The molecule has 4 heterocycles. The molecule has 0 saturated carbocycles. The summed E-state index contributed by atoms with van der Waals surface area (Å²) in [6, 6.07) is 8.36. The lowest BCUT2D eigenvalue weighted by atomic mass is 9.99. The highest BCUT2D eigenvalue weighted by molar-refractivity contribution is 7.14. The number of piperazine rings is 1. The molecule has 1 saturated heterocycles. The summed E-state index contributed by atoms with van der Waals surface area (Å²) in [4.78, 5) is 48.2. The van der Waals surface area contributed by atoms with Crippen LogP contribution in [-0.4, -0.2) is 63.6 Å². The minimum atomic E-state index is -1.01. The smallest absolute Gasteiger partial charge is 0.290 e. The first-order valence-corrected chi connectivity index (χ1v) is 15.1. The highest BCUT2D eigenvalue weighted by Crippen LogP contribution is 2.33. The molecular formula is C31H31F2N7O3S. The number of nitrogens with zero attached hydrogens (tertiary/aromatic N) is 5. The number of amides is 2. The monoisotopic (exact) mass is 619 g/mol. The number of pyridine rings is 1. The molecule has 228 valence electrons. The third-order valence-electron chi connectivity index (χ3n) is 8.09. The summed E-state index contributed by atoms with van der Waals surface area (Å²) in [5.74, 6) is -2.22. The van der Waals surface area contributed by atoms with E-state index in [-0.39, 0.29) is 22.9 Å². The Morgan fingerprint density at radius 3 is 2.57 bits per heavy atom. The van der Waals surface area contributed by atoms with Crippen LogP contribution in [0, 0.1) is 11.6 Å². The maximum atomic E-state index is 15.8. The summed E-state index contributed by atoms with van der Waals surface area (Å²) in [5.41, 5.74) is 0.739. The second kappa shape index (κ2) is 11.9. The van der Waals surface area contributed by atoms with E-state index in [4.69, 9.17) is 0 Å². The van der Waals surface area contributed by atoms with Crippen molar-refractivity contribution in [2.24, 2.45) is 7.05 Å². The van der Waals surface area contributed by atoms with Gasteiger partial charge in [0.05, 0.1) is 10.6 Å². The van der Waals surface area contributed by atoms with Crippen LogP contribution in [0.1, 0.15) is 44.6 Å². The summed E-state index contributed by atoms with van der Waals surface area (Å²) in [6.45, 7) is 1.37. The average Bonchev–Trinajstić information content (AvgIpc) is 3.45. The Labute approximate surface area is 256 Å². The Kier molecular flexibility index (Phi) is 7.99. The summed E-state index contributed by atoms with van der Waals surface area (Å²) in [7, 11) is 5.06. The first-order chi connectivity index (χ1) is 21.1. The molecule has 3 aromatic heterocycles. The van der Waals surface area contributed by atoms with Crippen LogP contribution in [0.3, 0.4) is 0 Å². The van der Waals surface area contributed by atoms with Crippen LogP contribution in [0.5, 0.6) is 0 Å². The topological polar surface area (TPSA) is 112 Å². The fourth-order valence-electron chi connectivity index (χ4n) is 5.59. The van der Waals surface area contributed by atoms with Gasteiger partial charge in [-0.05, 0) is 74.2 Å². The molecule has 1 atom stereocenters. The van der Waals surface area contributed by atoms with Gasteiger partial charge in [-0.15, -0.1) is 11.3 Å². The van der Waals surface area contributed by atoms with Gasteiger partial charge in [-0.3, -0.25) is 19.3 Å². The van der Waals surface area contributed by atoms with Gasteiger partial charge in [-0.1, -0.05) is 6.07 Å². The van der Waals surface area contributed by atoms with Crippen LogP contribution in [0.4, 0.5) is 26.0 Å². The molecule has 0 unspecified atom stereocenters. The standard InChI is InChI=1S/C31H31F2N7O3S/c1-38-12-13-39(2)31(43)28(38)18-8-11-25(34-16-18)35-22-15-21(37-40(3)30(22)42)19-9-10-20(32)27(26(19)33)36-29(41)24-14-17-6-4-5-7-23(17)44-24/h8-11,14-16,28H,4-7,12-13H2,1-3H3,(H,34,35)(H,36,41)/t28-/m0/s1. The van der Waals surface area contributed by atoms with E-state index < -0.39 is 34.8 Å². The van der Waals surface area contributed by atoms with E-state index >= 15 is 4.39 Å². The predicted octanol–water partition coefficient (Wildman–Crippen LogP) is 4.50. The SMILES string of the molecule is CN1CCN(C)[C@@H](c2ccc(Nc3cc(-c4ccc(F)c(NC(=O)c5cc6c(s5)CCCC6)c4F)nn(C)c3=O)nc2)C1=O. The van der Waals surface area contributed by atoms with Crippen LogP contribution in [0.25, 0.3) is 11.3 Å². The number of likely N-dealkylation sites (N-methyl/N-ethyl adjacent to an activating group) is 2. The number of rotatable bonds is 6. The maximum absolute atomic E-state index is 15.8. The average molecular weight is 620 g/mol. The highest BCUT2D eigenvalue weighted by atomic mass is 32.1. The Morgan fingerprint density at radius 1 is 1.02 bits per heavy atom. The molecule has 0 spiro atoms. The Hall–Kier alpha value is -4.49. The molecule has 2 amide bonds. The molecule has 4 aromatic rings. The van der Waals surface area contributed by atoms with E-state index in [9.17, 15) is 18.8 Å². The van der Waals surface area contributed by atoms with E-state index in [2.05, 4.69) is 20.7 Å². The molecule has 0 radical (unpaired) electrons. The predicted molar refractivity (Wildman–Crippen MR) is 164 cm³/mol. The number of carbonyl (C=O) groups excluding carboxylic acids is 2.